The Bertz CT molecular complexity index is 761. The highest BCUT2D eigenvalue weighted by Crippen LogP contribution is 2.40. The van der Waals surface area contributed by atoms with Gasteiger partial charge in [-0.1, -0.05) is 0 Å². The van der Waals surface area contributed by atoms with Gasteiger partial charge in [0, 0.05) is 31.3 Å². The lowest BCUT2D eigenvalue weighted by Crippen LogP contribution is -2.43. The number of methoxy groups -OCH3 is 2. The average Bonchev–Trinajstić information content (AvgIpc) is 3.53. The molecule has 1 aliphatic heterocycles. The van der Waals surface area contributed by atoms with Crippen LogP contribution < -0.4 is 14.4 Å². The summed E-state index contributed by atoms with van der Waals surface area (Å²) in [6, 6.07) is 7.58. The standard InChI is InChI=1S/C20H25N3O3/c1-25-16-11-15(12-17(13-16)26-2)20(24)6-9-23(10-7-20)18-5-8-21-19(22-18)14-3-4-14/h5,8,11-14,24H,3-4,6-7,9-10H2,1-2H3. The second-order valence-corrected chi connectivity index (χ2v) is 7.17. The van der Waals surface area contributed by atoms with Crippen LogP contribution in [0, 0.1) is 0 Å². The van der Waals surface area contributed by atoms with Crippen LogP contribution in [0.5, 0.6) is 11.5 Å². The smallest absolute Gasteiger partial charge is 0.133 e. The Kier molecular flexibility index (Phi) is 4.44. The van der Waals surface area contributed by atoms with Crippen LogP contribution in [0.3, 0.4) is 0 Å². The van der Waals surface area contributed by atoms with E-state index in [2.05, 4.69) is 9.88 Å². The fourth-order valence-corrected chi connectivity index (χ4v) is 3.55. The number of hydrogen-bond donors (Lipinski definition) is 1. The minimum atomic E-state index is -0.884. The Labute approximate surface area is 153 Å². The predicted octanol–water partition coefficient (Wildman–Crippen LogP) is 2.86. The van der Waals surface area contributed by atoms with Gasteiger partial charge in [0.2, 0.25) is 0 Å². The summed E-state index contributed by atoms with van der Waals surface area (Å²) in [7, 11) is 3.25. The quantitative estimate of drug-likeness (QED) is 0.890. The molecule has 0 unspecified atom stereocenters. The van der Waals surface area contributed by atoms with Gasteiger partial charge in [0.15, 0.2) is 0 Å². The Morgan fingerprint density at radius 1 is 1.08 bits per heavy atom. The predicted molar refractivity (Wildman–Crippen MR) is 98.9 cm³/mol. The van der Waals surface area contributed by atoms with Crippen LogP contribution in [-0.2, 0) is 5.60 Å². The lowest BCUT2D eigenvalue weighted by molar-refractivity contribution is 0.0113. The van der Waals surface area contributed by atoms with Crippen molar-refractivity contribution in [2.24, 2.45) is 0 Å². The highest BCUT2D eigenvalue weighted by Gasteiger charge is 2.35. The average molecular weight is 355 g/mol. The molecule has 0 atom stereocenters. The number of hydrogen-bond acceptors (Lipinski definition) is 6. The van der Waals surface area contributed by atoms with E-state index in [1.165, 1.54) is 12.8 Å². The van der Waals surface area contributed by atoms with E-state index in [1.54, 1.807) is 14.2 Å². The molecule has 4 rings (SSSR count). The topological polar surface area (TPSA) is 67.7 Å². The summed E-state index contributed by atoms with van der Waals surface area (Å²) in [5.74, 6) is 3.86. The van der Waals surface area contributed by atoms with Crippen molar-refractivity contribution in [3.63, 3.8) is 0 Å². The first-order valence-corrected chi connectivity index (χ1v) is 9.15. The van der Waals surface area contributed by atoms with Crippen molar-refractivity contribution in [1.29, 1.82) is 0 Å². The van der Waals surface area contributed by atoms with Gasteiger partial charge in [0.1, 0.15) is 23.1 Å². The first kappa shape index (κ1) is 17.1. The van der Waals surface area contributed by atoms with Gasteiger partial charge >= 0.3 is 0 Å². The van der Waals surface area contributed by atoms with Gasteiger partial charge < -0.3 is 19.5 Å². The monoisotopic (exact) mass is 355 g/mol. The van der Waals surface area contributed by atoms with E-state index in [-0.39, 0.29) is 0 Å². The summed E-state index contributed by atoms with van der Waals surface area (Å²) in [6.45, 7) is 1.49. The summed E-state index contributed by atoms with van der Waals surface area (Å²) in [6.07, 6.45) is 5.50. The Hall–Kier alpha value is -2.34. The zero-order valence-corrected chi connectivity index (χ0v) is 15.3. The summed E-state index contributed by atoms with van der Waals surface area (Å²) in [5.41, 5.74) is -0.0419. The molecule has 1 aromatic heterocycles. The van der Waals surface area contributed by atoms with Crippen molar-refractivity contribution >= 4 is 5.82 Å². The first-order chi connectivity index (χ1) is 12.6. The molecular weight excluding hydrogens is 330 g/mol. The lowest BCUT2D eigenvalue weighted by Gasteiger charge is -2.39. The molecule has 26 heavy (non-hydrogen) atoms. The van der Waals surface area contributed by atoms with Gasteiger partial charge in [-0.2, -0.15) is 0 Å². The van der Waals surface area contributed by atoms with Crippen molar-refractivity contribution in [3.05, 3.63) is 41.9 Å². The molecule has 1 saturated heterocycles. The maximum absolute atomic E-state index is 11.2. The molecule has 2 fully saturated rings. The van der Waals surface area contributed by atoms with Crippen molar-refractivity contribution in [2.45, 2.75) is 37.2 Å². The molecule has 1 N–H and O–H groups in total. The van der Waals surface area contributed by atoms with Crippen molar-refractivity contribution in [2.75, 3.05) is 32.2 Å². The van der Waals surface area contributed by atoms with Gasteiger partial charge in [-0.25, -0.2) is 9.97 Å². The number of rotatable bonds is 5. The molecule has 6 heteroatoms. The number of benzene rings is 1. The Morgan fingerprint density at radius 3 is 2.31 bits per heavy atom. The van der Waals surface area contributed by atoms with Crippen molar-refractivity contribution in [3.8, 4) is 11.5 Å². The van der Waals surface area contributed by atoms with Gasteiger partial charge in [0.25, 0.3) is 0 Å². The fourth-order valence-electron chi connectivity index (χ4n) is 3.55. The van der Waals surface area contributed by atoms with E-state index in [9.17, 15) is 5.11 Å². The normalized spacial score (nSPS) is 19.3. The van der Waals surface area contributed by atoms with Crippen LogP contribution in [0.2, 0.25) is 0 Å². The Morgan fingerprint density at radius 2 is 1.73 bits per heavy atom. The number of ether oxygens (including phenoxy) is 2. The molecule has 2 aliphatic rings. The van der Waals surface area contributed by atoms with Crippen LogP contribution in [0.25, 0.3) is 0 Å². The Balaban J connectivity index is 1.51. The molecule has 2 aromatic rings. The van der Waals surface area contributed by atoms with E-state index in [4.69, 9.17) is 14.5 Å². The van der Waals surface area contributed by atoms with Crippen LogP contribution in [-0.4, -0.2) is 42.4 Å². The molecular formula is C20H25N3O3. The number of anilines is 1. The maximum Gasteiger partial charge on any atom is 0.133 e. The van der Waals surface area contributed by atoms with Crippen LogP contribution in [0.1, 0.15) is 43.0 Å². The summed E-state index contributed by atoms with van der Waals surface area (Å²) in [4.78, 5) is 11.4. The molecule has 1 saturated carbocycles. The minimum absolute atomic E-state index is 0.543. The minimum Gasteiger partial charge on any atom is -0.497 e. The number of piperidine rings is 1. The fraction of sp³-hybridized carbons (Fsp3) is 0.500. The zero-order valence-electron chi connectivity index (χ0n) is 15.3. The van der Waals surface area contributed by atoms with Crippen LogP contribution in [0.15, 0.2) is 30.5 Å². The number of nitrogens with zero attached hydrogens (tertiary/aromatic N) is 3. The third-order valence-electron chi connectivity index (χ3n) is 5.41. The molecule has 0 radical (unpaired) electrons. The van der Waals surface area contributed by atoms with Crippen LogP contribution >= 0.6 is 0 Å². The van der Waals surface area contributed by atoms with Gasteiger partial charge in [-0.3, -0.25) is 0 Å². The first-order valence-electron chi connectivity index (χ1n) is 9.15. The van der Waals surface area contributed by atoms with E-state index in [1.807, 2.05) is 30.5 Å². The summed E-state index contributed by atoms with van der Waals surface area (Å²) < 4.78 is 10.7. The lowest BCUT2D eigenvalue weighted by atomic mass is 9.84. The van der Waals surface area contributed by atoms with E-state index >= 15 is 0 Å². The SMILES string of the molecule is COc1cc(OC)cc(C2(O)CCN(c3ccnc(C4CC4)n3)CC2)c1. The van der Waals surface area contributed by atoms with Crippen LogP contribution in [0.4, 0.5) is 5.82 Å². The molecule has 0 spiro atoms. The summed E-state index contributed by atoms with van der Waals surface area (Å²) in [5, 5.41) is 11.2. The molecule has 1 aromatic carbocycles. The molecule has 138 valence electrons. The largest absolute Gasteiger partial charge is 0.497 e. The van der Waals surface area contributed by atoms with E-state index in [0.29, 0.717) is 30.3 Å². The molecule has 0 amide bonds. The molecule has 6 nitrogen and oxygen atoms in total. The third kappa shape index (κ3) is 3.33. The highest BCUT2D eigenvalue weighted by molar-refractivity contribution is 5.43. The highest BCUT2D eigenvalue weighted by atomic mass is 16.5. The van der Waals surface area contributed by atoms with Gasteiger partial charge in [0.05, 0.1) is 19.8 Å². The van der Waals surface area contributed by atoms with E-state index < -0.39 is 5.60 Å². The second kappa shape index (κ2) is 6.76. The third-order valence-corrected chi connectivity index (χ3v) is 5.41. The second-order valence-electron chi connectivity index (χ2n) is 7.17. The molecule has 0 bridgehead atoms. The van der Waals surface area contributed by atoms with E-state index in [0.717, 1.165) is 30.3 Å². The maximum atomic E-state index is 11.2. The zero-order chi connectivity index (χ0) is 18.1. The van der Waals surface area contributed by atoms with Gasteiger partial charge in [-0.15, -0.1) is 0 Å². The number of aromatic nitrogens is 2. The molecule has 2 heterocycles. The van der Waals surface area contributed by atoms with Gasteiger partial charge in [-0.05, 0) is 49.4 Å². The summed E-state index contributed by atoms with van der Waals surface area (Å²) >= 11 is 0. The molecule has 1 aliphatic carbocycles. The van der Waals surface area contributed by atoms with Crippen molar-refractivity contribution in [1.82, 2.24) is 9.97 Å². The van der Waals surface area contributed by atoms with Crippen molar-refractivity contribution < 1.29 is 14.6 Å². The number of aliphatic hydroxyl groups is 1.